The average molecular weight is 488 g/mol. The number of methoxy groups -OCH3 is 1. The summed E-state index contributed by atoms with van der Waals surface area (Å²) in [5, 5.41) is 12.6. The van der Waals surface area contributed by atoms with E-state index in [4.69, 9.17) is 16.3 Å². The van der Waals surface area contributed by atoms with Crippen LogP contribution in [-0.2, 0) is 16.0 Å². The maximum atomic E-state index is 13.2. The molecule has 0 saturated carbocycles. The van der Waals surface area contributed by atoms with Crippen molar-refractivity contribution in [1.29, 1.82) is 0 Å². The summed E-state index contributed by atoms with van der Waals surface area (Å²) >= 11 is 5.98. The number of nitrogens with one attached hydrogen (secondary N) is 1. The Morgan fingerprint density at radius 1 is 1.17 bits per heavy atom. The molecule has 1 amide bonds. The lowest BCUT2D eigenvalue weighted by Gasteiger charge is -2.25. The number of ketones is 1. The van der Waals surface area contributed by atoms with Gasteiger partial charge in [-0.15, -0.1) is 0 Å². The van der Waals surface area contributed by atoms with Crippen LogP contribution in [0.4, 0.5) is 0 Å². The lowest BCUT2D eigenvalue weighted by atomic mass is 9.96. The number of aliphatic hydroxyl groups is 1. The van der Waals surface area contributed by atoms with Crippen molar-refractivity contribution in [2.24, 2.45) is 0 Å². The van der Waals surface area contributed by atoms with Gasteiger partial charge in [0.25, 0.3) is 11.7 Å². The number of hydrogen-bond donors (Lipinski definition) is 2. The number of rotatable bonds is 6. The van der Waals surface area contributed by atoms with E-state index in [1.54, 1.807) is 55.9 Å². The number of nitrogens with zero attached hydrogens (tertiary/aromatic N) is 2. The van der Waals surface area contributed by atoms with Gasteiger partial charge in [-0.3, -0.25) is 14.6 Å². The first-order chi connectivity index (χ1) is 17.0. The summed E-state index contributed by atoms with van der Waals surface area (Å²) in [6.07, 6.45) is 5.62. The van der Waals surface area contributed by atoms with Crippen molar-refractivity contribution in [3.8, 4) is 5.75 Å². The Bertz CT molecular complexity index is 1440. The van der Waals surface area contributed by atoms with E-state index in [9.17, 15) is 14.7 Å². The summed E-state index contributed by atoms with van der Waals surface area (Å²) in [4.78, 5) is 35.2. The molecule has 35 heavy (non-hydrogen) atoms. The number of aromatic amines is 1. The maximum Gasteiger partial charge on any atom is 0.295 e. The lowest BCUT2D eigenvalue weighted by molar-refractivity contribution is -0.139. The van der Waals surface area contributed by atoms with Gasteiger partial charge in [0.05, 0.1) is 18.7 Å². The third-order valence-electron chi connectivity index (χ3n) is 6.25. The van der Waals surface area contributed by atoms with Crippen molar-refractivity contribution < 1.29 is 19.4 Å². The Morgan fingerprint density at radius 3 is 2.69 bits per heavy atom. The van der Waals surface area contributed by atoms with Crippen molar-refractivity contribution >= 4 is 40.0 Å². The second-order valence-corrected chi connectivity index (χ2v) is 8.70. The van der Waals surface area contributed by atoms with Gasteiger partial charge in [-0.05, 0) is 66.1 Å². The van der Waals surface area contributed by atoms with Crippen LogP contribution in [0, 0.1) is 0 Å². The molecular weight excluding hydrogens is 466 g/mol. The molecule has 1 saturated heterocycles. The minimum Gasteiger partial charge on any atom is -0.507 e. The van der Waals surface area contributed by atoms with Gasteiger partial charge in [0.2, 0.25) is 0 Å². The highest BCUT2D eigenvalue weighted by Gasteiger charge is 2.46. The summed E-state index contributed by atoms with van der Waals surface area (Å²) in [6, 6.07) is 15.0. The van der Waals surface area contributed by atoms with Crippen LogP contribution in [0.15, 0.2) is 78.8 Å². The molecule has 3 heterocycles. The molecule has 0 aliphatic carbocycles. The predicted octanol–water partition coefficient (Wildman–Crippen LogP) is 4.89. The molecule has 7 nitrogen and oxygen atoms in total. The highest BCUT2D eigenvalue weighted by Crippen LogP contribution is 2.39. The molecule has 1 atom stereocenters. The second-order valence-electron chi connectivity index (χ2n) is 8.26. The Hall–Kier alpha value is -4.10. The first-order valence-corrected chi connectivity index (χ1v) is 11.4. The van der Waals surface area contributed by atoms with Gasteiger partial charge in [-0.2, -0.15) is 0 Å². The largest absolute Gasteiger partial charge is 0.507 e. The molecule has 1 fully saturated rings. The van der Waals surface area contributed by atoms with Gasteiger partial charge in [-0.25, -0.2) is 0 Å². The van der Waals surface area contributed by atoms with Crippen LogP contribution >= 0.6 is 11.6 Å². The zero-order valence-corrected chi connectivity index (χ0v) is 19.6. The van der Waals surface area contributed by atoms with Gasteiger partial charge in [0.1, 0.15) is 11.5 Å². The van der Waals surface area contributed by atoms with Gasteiger partial charge in [0, 0.05) is 46.6 Å². The molecule has 8 heteroatoms. The van der Waals surface area contributed by atoms with Gasteiger partial charge in [-0.1, -0.05) is 17.7 Å². The molecular formula is C27H22ClN3O4. The number of hydrogen-bond acceptors (Lipinski definition) is 5. The number of amides is 1. The molecule has 4 aromatic rings. The monoisotopic (exact) mass is 487 g/mol. The summed E-state index contributed by atoms with van der Waals surface area (Å²) < 4.78 is 5.35. The normalized spacial score (nSPS) is 17.3. The number of H-pyrrole nitrogens is 1. The van der Waals surface area contributed by atoms with E-state index in [0.29, 0.717) is 22.6 Å². The minimum absolute atomic E-state index is 0.0333. The number of likely N-dealkylation sites (tertiary alicyclic amines) is 1. The van der Waals surface area contributed by atoms with E-state index in [-0.39, 0.29) is 17.9 Å². The quantitative estimate of drug-likeness (QED) is 0.229. The molecule has 0 spiro atoms. The standard InChI is InChI=1S/C27H22ClN3O4/c1-35-20-8-9-22-21(13-20)17(15-30-22)10-12-31-24(18-3-2-11-29-14-18)23(26(33)27(31)34)25(32)16-4-6-19(28)7-5-16/h2-9,11,13-15,24,30,32H,10,12H2,1H3/t24-/m0/s1. The zero-order valence-electron chi connectivity index (χ0n) is 18.9. The number of carbonyl (C=O) groups is 2. The van der Waals surface area contributed by atoms with E-state index < -0.39 is 17.7 Å². The Balaban J connectivity index is 1.54. The number of benzene rings is 2. The van der Waals surface area contributed by atoms with Crippen LogP contribution in [-0.4, -0.2) is 45.3 Å². The van der Waals surface area contributed by atoms with Crippen LogP contribution in [0.3, 0.4) is 0 Å². The van der Waals surface area contributed by atoms with Crippen molar-refractivity contribution in [3.05, 3.63) is 100 Å². The SMILES string of the molecule is COc1ccc2[nH]cc(CCN3C(=O)C(=O)C(=C(O)c4ccc(Cl)cc4)[C@@H]3c3cccnc3)c2c1. The van der Waals surface area contributed by atoms with E-state index >= 15 is 0 Å². The highest BCUT2D eigenvalue weighted by molar-refractivity contribution is 6.46. The third kappa shape index (κ3) is 4.15. The summed E-state index contributed by atoms with van der Waals surface area (Å²) in [7, 11) is 1.61. The average Bonchev–Trinajstić information content (AvgIpc) is 3.40. The minimum atomic E-state index is -0.765. The van der Waals surface area contributed by atoms with Crippen molar-refractivity contribution in [2.75, 3.05) is 13.7 Å². The molecule has 5 rings (SSSR count). The highest BCUT2D eigenvalue weighted by atomic mass is 35.5. The molecule has 2 aromatic heterocycles. The smallest absolute Gasteiger partial charge is 0.295 e. The fraction of sp³-hybridized carbons (Fsp3) is 0.148. The zero-order chi connectivity index (χ0) is 24.5. The van der Waals surface area contributed by atoms with E-state index in [2.05, 4.69) is 9.97 Å². The number of carbonyl (C=O) groups excluding carboxylic acids is 2. The summed E-state index contributed by atoms with van der Waals surface area (Å²) in [5.41, 5.74) is 3.02. The summed E-state index contributed by atoms with van der Waals surface area (Å²) in [6.45, 7) is 0.270. The first kappa shape index (κ1) is 22.7. The molecule has 0 radical (unpaired) electrons. The first-order valence-electron chi connectivity index (χ1n) is 11.1. The van der Waals surface area contributed by atoms with Crippen LogP contribution in [0.2, 0.25) is 5.02 Å². The fourth-order valence-electron chi connectivity index (χ4n) is 4.49. The van der Waals surface area contributed by atoms with Crippen LogP contribution in [0.1, 0.15) is 22.7 Å². The summed E-state index contributed by atoms with van der Waals surface area (Å²) in [5.74, 6) is -0.899. The number of aliphatic hydroxyl groups excluding tert-OH is 1. The van der Waals surface area contributed by atoms with Crippen molar-refractivity contribution in [2.45, 2.75) is 12.5 Å². The van der Waals surface area contributed by atoms with Crippen molar-refractivity contribution in [1.82, 2.24) is 14.9 Å². The molecule has 1 aliphatic heterocycles. The van der Waals surface area contributed by atoms with Gasteiger partial charge >= 0.3 is 0 Å². The van der Waals surface area contributed by atoms with E-state index in [1.807, 2.05) is 24.4 Å². The Morgan fingerprint density at radius 2 is 1.97 bits per heavy atom. The molecule has 0 bridgehead atoms. The number of pyridine rings is 1. The third-order valence-corrected chi connectivity index (χ3v) is 6.51. The second kappa shape index (κ2) is 9.27. The number of ether oxygens (including phenoxy) is 1. The Kier molecular flexibility index (Phi) is 6.01. The molecule has 176 valence electrons. The molecule has 2 N–H and O–H groups in total. The Labute approximate surface area is 206 Å². The van der Waals surface area contributed by atoms with Gasteiger partial charge < -0.3 is 19.7 Å². The fourth-order valence-corrected chi connectivity index (χ4v) is 4.62. The van der Waals surface area contributed by atoms with Crippen molar-refractivity contribution in [3.63, 3.8) is 0 Å². The number of aromatic nitrogens is 2. The molecule has 1 aliphatic rings. The molecule has 0 unspecified atom stereocenters. The predicted molar refractivity (Wildman–Crippen MR) is 133 cm³/mol. The van der Waals surface area contributed by atoms with Crippen LogP contribution in [0.25, 0.3) is 16.7 Å². The number of Topliss-reactive ketones (excluding diaryl/α,β-unsaturated/α-hetero) is 1. The van der Waals surface area contributed by atoms with E-state index in [0.717, 1.165) is 22.2 Å². The lowest BCUT2D eigenvalue weighted by Crippen LogP contribution is -2.31. The molecule has 2 aromatic carbocycles. The van der Waals surface area contributed by atoms with Gasteiger partial charge in [0.15, 0.2) is 0 Å². The van der Waals surface area contributed by atoms with Crippen LogP contribution < -0.4 is 4.74 Å². The maximum absolute atomic E-state index is 13.2. The number of fused-ring (bicyclic) bond motifs is 1. The van der Waals surface area contributed by atoms with Crippen LogP contribution in [0.5, 0.6) is 5.75 Å². The topological polar surface area (TPSA) is 95.5 Å². The van der Waals surface area contributed by atoms with E-state index in [1.165, 1.54) is 4.90 Å². The number of halogens is 1.